The van der Waals surface area contributed by atoms with Crippen LogP contribution in [0.3, 0.4) is 0 Å². The van der Waals surface area contributed by atoms with Crippen molar-refractivity contribution in [3.05, 3.63) is 71.0 Å². The second-order valence-electron chi connectivity index (χ2n) is 9.39. The number of carboxylic acid groups (broad SMARTS) is 1. The summed E-state index contributed by atoms with van der Waals surface area (Å²) in [7, 11) is 0. The summed E-state index contributed by atoms with van der Waals surface area (Å²) in [5.41, 5.74) is 0.215. The van der Waals surface area contributed by atoms with Gasteiger partial charge in [-0.25, -0.2) is 9.59 Å². The maximum Gasteiger partial charge on any atom is 0.417 e. The Hall–Kier alpha value is -3.66. The molecule has 0 saturated heterocycles. The minimum absolute atomic E-state index is 0.0410. The Morgan fingerprint density at radius 1 is 1.03 bits per heavy atom. The Morgan fingerprint density at radius 2 is 1.76 bits per heavy atom. The second-order valence-corrected chi connectivity index (χ2v) is 9.80. The number of nitrogens with one attached hydrogen (secondary N) is 3. The molecule has 1 aromatic heterocycles. The fourth-order valence-electron chi connectivity index (χ4n) is 4.86. The van der Waals surface area contributed by atoms with Crippen LogP contribution in [0.2, 0.25) is 5.02 Å². The lowest BCUT2D eigenvalue weighted by Gasteiger charge is -2.39. The van der Waals surface area contributed by atoms with Crippen molar-refractivity contribution in [1.29, 1.82) is 0 Å². The van der Waals surface area contributed by atoms with Crippen LogP contribution in [0.1, 0.15) is 61.5 Å². The van der Waals surface area contributed by atoms with Gasteiger partial charge in [-0.2, -0.15) is 13.2 Å². The van der Waals surface area contributed by atoms with Gasteiger partial charge in [0.25, 0.3) is 0 Å². The number of carbonyl (C=O) groups excluding carboxylic acids is 1. The molecule has 38 heavy (non-hydrogen) atoms. The van der Waals surface area contributed by atoms with Crippen molar-refractivity contribution in [1.82, 2.24) is 4.57 Å². The normalized spacial score (nSPS) is 15.1. The maximum absolute atomic E-state index is 13.3. The van der Waals surface area contributed by atoms with Crippen LogP contribution in [0, 0.1) is 0 Å². The van der Waals surface area contributed by atoms with Gasteiger partial charge in [-0.05, 0) is 67.8 Å². The molecule has 4 N–H and O–H groups in total. The number of amides is 2. The van der Waals surface area contributed by atoms with E-state index >= 15 is 0 Å². The molecule has 0 spiro atoms. The van der Waals surface area contributed by atoms with E-state index in [1.807, 2.05) is 0 Å². The van der Waals surface area contributed by atoms with Gasteiger partial charge < -0.3 is 25.6 Å². The number of carbonyl (C=O) groups is 2. The van der Waals surface area contributed by atoms with Gasteiger partial charge >= 0.3 is 18.2 Å². The minimum Gasteiger partial charge on any atom is -0.477 e. The van der Waals surface area contributed by atoms with Gasteiger partial charge in [0, 0.05) is 23.1 Å². The lowest BCUT2D eigenvalue weighted by Crippen LogP contribution is -2.39. The van der Waals surface area contributed by atoms with E-state index < -0.39 is 28.8 Å². The average molecular weight is 549 g/mol. The van der Waals surface area contributed by atoms with E-state index in [9.17, 15) is 27.9 Å². The zero-order valence-corrected chi connectivity index (χ0v) is 21.4. The van der Waals surface area contributed by atoms with Crippen LogP contribution in [-0.2, 0) is 6.18 Å². The summed E-state index contributed by atoms with van der Waals surface area (Å²) < 4.78 is 41.3. The molecule has 3 aromatic rings. The van der Waals surface area contributed by atoms with Crippen LogP contribution in [0.4, 0.5) is 35.0 Å². The zero-order chi connectivity index (χ0) is 27.5. The SMILES string of the molecule is CCC1(Nc2ccc(-n3cccc3C(=O)O)cc2NC(=O)Nc2ccc(Cl)c(C(F)(F)F)c2)CCCCC1. The standard InChI is InChI=1S/C27H28ClF3N4O3/c1-2-26(12-4-3-5-13-26)34-21-11-9-18(35-14-6-7-23(35)24(36)37)16-22(21)33-25(38)32-17-8-10-20(28)19(15-17)27(29,30)31/h6-11,14-16,34H,2-5,12-13H2,1H3,(H,36,37)(H2,32,33,38). The highest BCUT2D eigenvalue weighted by molar-refractivity contribution is 6.31. The van der Waals surface area contributed by atoms with Gasteiger partial charge in [-0.15, -0.1) is 0 Å². The first kappa shape index (κ1) is 27.4. The number of benzene rings is 2. The molecule has 0 aliphatic heterocycles. The summed E-state index contributed by atoms with van der Waals surface area (Å²) >= 11 is 5.69. The zero-order valence-electron chi connectivity index (χ0n) is 20.7. The molecule has 0 unspecified atom stereocenters. The molecule has 4 rings (SSSR count). The molecule has 1 aliphatic rings. The Labute approximate surface area is 223 Å². The van der Waals surface area contributed by atoms with Gasteiger partial charge in [0.05, 0.1) is 22.0 Å². The molecule has 11 heteroatoms. The fourth-order valence-corrected chi connectivity index (χ4v) is 5.09. The number of alkyl halides is 3. The minimum atomic E-state index is -4.68. The van der Waals surface area contributed by atoms with Crippen LogP contribution >= 0.6 is 11.6 Å². The summed E-state index contributed by atoms with van der Waals surface area (Å²) in [5, 5.41) is 17.8. The number of nitrogens with zero attached hydrogens (tertiary/aromatic N) is 1. The van der Waals surface area contributed by atoms with Crippen molar-refractivity contribution in [2.24, 2.45) is 0 Å². The highest BCUT2D eigenvalue weighted by Crippen LogP contribution is 2.38. The highest BCUT2D eigenvalue weighted by atomic mass is 35.5. The van der Waals surface area contributed by atoms with Gasteiger partial charge in [0.2, 0.25) is 0 Å². The van der Waals surface area contributed by atoms with Crippen LogP contribution < -0.4 is 16.0 Å². The molecule has 1 aliphatic carbocycles. The van der Waals surface area contributed by atoms with Crippen LogP contribution in [0.25, 0.3) is 5.69 Å². The molecule has 0 bridgehead atoms. The molecular weight excluding hydrogens is 521 g/mol. The summed E-state index contributed by atoms with van der Waals surface area (Å²) in [4.78, 5) is 24.6. The number of aromatic nitrogens is 1. The number of hydrogen-bond acceptors (Lipinski definition) is 3. The number of anilines is 3. The smallest absolute Gasteiger partial charge is 0.417 e. The number of urea groups is 1. The first-order valence-electron chi connectivity index (χ1n) is 12.3. The number of halogens is 4. The van der Waals surface area contributed by atoms with E-state index in [0.29, 0.717) is 17.1 Å². The molecular formula is C27H28ClF3N4O3. The molecule has 1 heterocycles. The molecule has 2 amide bonds. The van der Waals surface area contributed by atoms with Crippen LogP contribution in [-0.4, -0.2) is 27.2 Å². The highest BCUT2D eigenvalue weighted by Gasteiger charge is 2.34. The van der Waals surface area contributed by atoms with Crippen molar-refractivity contribution in [3.63, 3.8) is 0 Å². The van der Waals surface area contributed by atoms with Crippen LogP contribution in [0.15, 0.2) is 54.7 Å². The van der Waals surface area contributed by atoms with Gasteiger partial charge in [-0.3, -0.25) is 0 Å². The van der Waals surface area contributed by atoms with Crippen molar-refractivity contribution in [3.8, 4) is 5.69 Å². The predicted molar refractivity (Wildman–Crippen MR) is 142 cm³/mol. The van der Waals surface area contributed by atoms with Crippen LogP contribution in [0.5, 0.6) is 0 Å². The topological polar surface area (TPSA) is 95.4 Å². The largest absolute Gasteiger partial charge is 0.477 e. The van der Waals surface area contributed by atoms with E-state index in [1.54, 1.807) is 30.5 Å². The fraction of sp³-hybridized carbons (Fsp3) is 0.333. The molecule has 1 saturated carbocycles. The summed E-state index contributed by atoms with van der Waals surface area (Å²) in [6.07, 6.45) is 3.01. The van der Waals surface area contributed by atoms with E-state index in [-0.39, 0.29) is 16.9 Å². The molecule has 1 fully saturated rings. The van der Waals surface area contributed by atoms with Gasteiger partial charge in [0.15, 0.2) is 0 Å². The molecule has 0 atom stereocenters. The molecule has 202 valence electrons. The Morgan fingerprint density at radius 3 is 2.42 bits per heavy atom. The van der Waals surface area contributed by atoms with Crippen molar-refractivity contribution in [2.45, 2.75) is 57.2 Å². The Bertz CT molecular complexity index is 1330. The van der Waals surface area contributed by atoms with Gasteiger partial charge in [-0.1, -0.05) is 37.8 Å². The molecule has 2 aromatic carbocycles. The first-order chi connectivity index (χ1) is 18.0. The lowest BCUT2D eigenvalue weighted by atomic mass is 9.79. The van der Waals surface area contributed by atoms with Crippen molar-refractivity contribution >= 4 is 40.7 Å². The second kappa shape index (κ2) is 11.0. The van der Waals surface area contributed by atoms with Gasteiger partial charge in [0.1, 0.15) is 5.69 Å². The number of aromatic carboxylic acids is 1. The Balaban J connectivity index is 1.66. The van der Waals surface area contributed by atoms with E-state index in [4.69, 9.17) is 11.6 Å². The van der Waals surface area contributed by atoms with E-state index in [2.05, 4.69) is 22.9 Å². The predicted octanol–water partition coefficient (Wildman–Crippen LogP) is 8.02. The maximum atomic E-state index is 13.3. The monoisotopic (exact) mass is 548 g/mol. The quantitative estimate of drug-likeness (QED) is 0.240. The number of rotatable bonds is 7. The third kappa shape index (κ3) is 6.07. The van der Waals surface area contributed by atoms with E-state index in [0.717, 1.165) is 50.7 Å². The first-order valence-corrected chi connectivity index (χ1v) is 12.7. The summed E-state index contributed by atoms with van der Waals surface area (Å²) in [6, 6.07) is 10.6. The molecule has 7 nitrogen and oxygen atoms in total. The van der Waals surface area contributed by atoms with Crippen molar-refractivity contribution < 1.29 is 27.9 Å². The van der Waals surface area contributed by atoms with E-state index in [1.165, 1.54) is 16.7 Å². The lowest BCUT2D eigenvalue weighted by molar-refractivity contribution is -0.137. The number of hydrogen-bond donors (Lipinski definition) is 4. The number of carboxylic acids is 1. The molecule has 0 radical (unpaired) electrons. The summed E-state index contributed by atoms with van der Waals surface area (Å²) in [6.45, 7) is 2.10. The Kier molecular flexibility index (Phi) is 7.91. The summed E-state index contributed by atoms with van der Waals surface area (Å²) in [5.74, 6) is -1.11. The van der Waals surface area contributed by atoms with Crippen molar-refractivity contribution in [2.75, 3.05) is 16.0 Å². The average Bonchev–Trinajstić information content (AvgIpc) is 3.37. The third-order valence-electron chi connectivity index (χ3n) is 6.91. The third-order valence-corrected chi connectivity index (χ3v) is 7.24.